The second-order valence-corrected chi connectivity index (χ2v) is 4.16. The lowest BCUT2D eigenvalue weighted by molar-refractivity contribution is -0.0273. The fourth-order valence-electron chi connectivity index (χ4n) is 1.97. The summed E-state index contributed by atoms with van der Waals surface area (Å²) in [6, 6.07) is 0. The lowest BCUT2D eigenvalue weighted by Gasteiger charge is -2.26. The maximum Gasteiger partial charge on any atom is 0.0941 e. The van der Waals surface area contributed by atoms with Crippen LogP contribution in [0.2, 0.25) is 0 Å². The van der Waals surface area contributed by atoms with Gasteiger partial charge in [-0.2, -0.15) is 0 Å². The summed E-state index contributed by atoms with van der Waals surface area (Å²) in [5.74, 6) is 0.657. The largest absolute Gasteiger partial charge is 0.372 e. The van der Waals surface area contributed by atoms with E-state index in [2.05, 4.69) is 17.6 Å². The van der Waals surface area contributed by atoms with E-state index in [0.29, 0.717) is 5.92 Å². The Bertz CT molecular complexity index is 155. The molecule has 0 amide bonds. The number of rotatable bonds is 0. The van der Waals surface area contributed by atoms with Gasteiger partial charge in [0.1, 0.15) is 0 Å². The third-order valence-corrected chi connectivity index (χ3v) is 2.82. The zero-order valence-electron chi connectivity index (χ0n) is 7.73. The van der Waals surface area contributed by atoms with Crippen molar-refractivity contribution in [1.29, 1.82) is 0 Å². The average Bonchev–Trinajstić information content (AvgIpc) is 2.42. The summed E-state index contributed by atoms with van der Waals surface area (Å²) in [6.45, 7) is 7.39. The van der Waals surface area contributed by atoms with Crippen LogP contribution in [0, 0.1) is 5.92 Å². The Balaban J connectivity index is 1.97. The molecule has 3 heteroatoms. The van der Waals surface area contributed by atoms with Gasteiger partial charge in [0.05, 0.1) is 12.2 Å². The van der Waals surface area contributed by atoms with Gasteiger partial charge in [-0.25, -0.2) is 0 Å². The van der Waals surface area contributed by atoms with Crippen molar-refractivity contribution in [2.75, 3.05) is 32.8 Å². The Labute approximate surface area is 73.9 Å². The van der Waals surface area contributed by atoms with Gasteiger partial charge in [0.25, 0.3) is 0 Å². The van der Waals surface area contributed by atoms with Crippen molar-refractivity contribution >= 4 is 0 Å². The van der Waals surface area contributed by atoms with Crippen molar-refractivity contribution in [3.8, 4) is 0 Å². The highest BCUT2D eigenvalue weighted by Gasteiger charge is 2.36. The van der Waals surface area contributed by atoms with Crippen LogP contribution in [0.5, 0.6) is 0 Å². The van der Waals surface area contributed by atoms with Crippen molar-refractivity contribution in [2.24, 2.45) is 5.92 Å². The van der Waals surface area contributed by atoms with Crippen molar-refractivity contribution in [1.82, 2.24) is 10.6 Å². The maximum atomic E-state index is 5.94. The average molecular weight is 170 g/mol. The molecule has 0 aliphatic carbocycles. The molecule has 2 aliphatic rings. The molecule has 2 saturated heterocycles. The van der Waals surface area contributed by atoms with E-state index in [-0.39, 0.29) is 5.60 Å². The first-order valence-electron chi connectivity index (χ1n) is 4.86. The molecule has 2 aliphatic heterocycles. The number of nitrogens with one attached hydrogen (secondary N) is 2. The van der Waals surface area contributed by atoms with E-state index in [1.54, 1.807) is 0 Å². The fraction of sp³-hybridized carbons (Fsp3) is 1.00. The van der Waals surface area contributed by atoms with Crippen molar-refractivity contribution in [2.45, 2.75) is 18.9 Å². The summed E-state index contributed by atoms with van der Waals surface area (Å²) in [5, 5.41) is 6.83. The molecular weight excluding hydrogens is 152 g/mol. The van der Waals surface area contributed by atoms with Crippen LogP contribution in [-0.4, -0.2) is 38.4 Å². The number of ether oxygens (including phenoxy) is 1. The van der Waals surface area contributed by atoms with Gasteiger partial charge in [-0.15, -0.1) is 0 Å². The second-order valence-electron chi connectivity index (χ2n) is 4.16. The first-order chi connectivity index (χ1) is 5.81. The monoisotopic (exact) mass is 170 g/mol. The molecule has 0 radical (unpaired) electrons. The third-order valence-electron chi connectivity index (χ3n) is 2.82. The molecule has 2 N–H and O–H groups in total. The molecule has 12 heavy (non-hydrogen) atoms. The summed E-state index contributed by atoms with van der Waals surface area (Å²) in [7, 11) is 0. The summed E-state index contributed by atoms with van der Waals surface area (Å²) in [5.41, 5.74) is 0.116. The van der Waals surface area contributed by atoms with E-state index in [1.165, 1.54) is 0 Å². The van der Waals surface area contributed by atoms with Gasteiger partial charge in [0.2, 0.25) is 0 Å². The van der Waals surface area contributed by atoms with Gasteiger partial charge >= 0.3 is 0 Å². The van der Waals surface area contributed by atoms with Crippen LogP contribution in [-0.2, 0) is 4.74 Å². The van der Waals surface area contributed by atoms with E-state index >= 15 is 0 Å². The Morgan fingerprint density at radius 2 is 2.17 bits per heavy atom. The quantitative estimate of drug-likeness (QED) is 0.536. The standard InChI is InChI=1S/C9H18N2O/c1-8-4-11-7-9(12-5-8)2-3-10-6-9/h8,10-11H,2-7H2,1H3. The number of hydrogen-bond acceptors (Lipinski definition) is 3. The molecule has 0 saturated carbocycles. The predicted molar refractivity (Wildman–Crippen MR) is 48.2 cm³/mol. The topological polar surface area (TPSA) is 33.3 Å². The molecule has 2 fully saturated rings. The lowest BCUT2D eigenvalue weighted by Crippen LogP contribution is -2.43. The minimum absolute atomic E-state index is 0.116. The van der Waals surface area contributed by atoms with Gasteiger partial charge in [0.15, 0.2) is 0 Å². The van der Waals surface area contributed by atoms with Gasteiger partial charge in [-0.05, 0) is 18.9 Å². The fourth-order valence-corrected chi connectivity index (χ4v) is 1.97. The van der Waals surface area contributed by atoms with Crippen LogP contribution >= 0.6 is 0 Å². The molecule has 0 bridgehead atoms. The Kier molecular flexibility index (Phi) is 2.35. The van der Waals surface area contributed by atoms with Gasteiger partial charge in [0, 0.05) is 19.6 Å². The van der Waals surface area contributed by atoms with Crippen molar-refractivity contribution < 1.29 is 4.74 Å². The van der Waals surface area contributed by atoms with Crippen LogP contribution in [0.4, 0.5) is 0 Å². The first kappa shape index (κ1) is 8.48. The molecule has 2 atom stereocenters. The van der Waals surface area contributed by atoms with Crippen LogP contribution in [0.15, 0.2) is 0 Å². The Hall–Kier alpha value is -0.120. The van der Waals surface area contributed by atoms with Crippen molar-refractivity contribution in [3.63, 3.8) is 0 Å². The molecule has 2 rings (SSSR count). The van der Waals surface area contributed by atoms with Gasteiger partial charge < -0.3 is 15.4 Å². The minimum atomic E-state index is 0.116. The maximum absolute atomic E-state index is 5.94. The normalized spacial score (nSPS) is 43.2. The first-order valence-corrected chi connectivity index (χ1v) is 4.86. The van der Waals surface area contributed by atoms with Crippen LogP contribution < -0.4 is 10.6 Å². The molecule has 2 heterocycles. The molecule has 0 aromatic carbocycles. The van der Waals surface area contributed by atoms with Crippen LogP contribution in [0.3, 0.4) is 0 Å². The highest BCUT2D eigenvalue weighted by molar-refractivity contribution is 4.93. The SMILES string of the molecule is CC1CNCC2(CCNC2)OC1. The van der Waals surface area contributed by atoms with Crippen molar-refractivity contribution in [3.05, 3.63) is 0 Å². The predicted octanol–water partition coefficient (Wildman–Crippen LogP) is -0.0256. The Morgan fingerprint density at radius 1 is 1.33 bits per heavy atom. The van der Waals surface area contributed by atoms with E-state index in [0.717, 1.165) is 39.2 Å². The van der Waals surface area contributed by atoms with E-state index in [4.69, 9.17) is 4.74 Å². The van der Waals surface area contributed by atoms with E-state index in [1.807, 2.05) is 0 Å². The molecule has 0 aromatic heterocycles. The molecule has 1 spiro atoms. The third kappa shape index (κ3) is 1.63. The summed E-state index contributed by atoms with van der Waals surface area (Å²) in [4.78, 5) is 0. The highest BCUT2D eigenvalue weighted by atomic mass is 16.5. The summed E-state index contributed by atoms with van der Waals surface area (Å²) < 4.78 is 5.94. The van der Waals surface area contributed by atoms with E-state index < -0.39 is 0 Å². The van der Waals surface area contributed by atoms with Gasteiger partial charge in [-0.3, -0.25) is 0 Å². The molecule has 70 valence electrons. The van der Waals surface area contributed by atoms with Crippen LogP contribution in [0.25, 0.3) is 0 Å². The lowest BCUT2D eigenvalue weighted by atomic mass is 10.0. The highest BCUT2D eigenvalue weighted by Crippen LogP contribution is 2.21. The molecule has 0 aromatic rings. The second kappa shape index (κ2) is 3.32. The molecule has 2 unspecified atom stereocenters. The molecule has 3 nitrogen and oxygen atoms in total. The molecular formula is C9H18N2O. The number of hydrogen-bond donors (Lipinski definition) is 2. The Morgan fingerprint density at radius 3 is 2.92 bits per heavy atom. The zero-order chi connectivity index (χ0) is 8.44. The summed E-state index contributed by atoms with van der Waals surface area (Å²) >= 11 is 0. The smallest absolute Gasteiger partial charge is 0.0941 e. The minimum Gasteiger partial charge on any atom is -0.372 e. The zero-order valence-corrected chi connectivity index (χ0v) is 7.73. The van der Waals surface area contributed by atoms with Crippen LogP contribution in [0.1, 0.15) is 13.3 Å². The van der Waals surface area contributed by atoms with E-state index in [9.17, 15) is 0 Å². The van der Waals surface area contributed by atoms with Gasteiger partial charge in [-0.1, -0.05) is 6.92 Å². The summed E-state index contributed by atoms with van der Waals surface area (Å²) in [6.07, 6.45) is 1.16.